The van der Waals surface area contributed by atoms with Crippen LogP contribution in [0.25, 0.3) is 0 Å². The van der Waals surface area contributed by atoms with E-state index in [1.807, 2.05) is 37.3 Å². The van der Waals surface area contributed by atoms with Crippen LogP contribution >= 0.6 is 22.9 Å². The summed E-state index contributed by atoms with van der Waals surface area (Å²) in [5.74, 6) is -0.637. The molecule has 0 aliphatic heterocycles. The molecule has 2 N–H and O–H groups in total. The standard InChI is InChI=1S/C22H20ClN3O2S/c1-13-10-11-15(12-17(13)23)24-21(28)16-8-5-9-18-19(16)25-22(29-18)26-20(27)14-6-3-2-4-7-14/h2-4,6-7,10-12,16H,5,8-9H2,1H3,(H,24,28)(H,25,26,27). The summed E-state index contributed by atoms with van der Waals surface area (Å²) in [6.45, 7) is 1.92. The van der Waals surface area contributed by atoms with E-state index >= 15 is 0 Å². The largest absolute Gasteiger partial charge is 0.325 e. The predicted molar refractivity (Wildman–Crippen MR) is 117 cm³/mol. The second kappa shape index (κ2) is 8.35. The molecule has 5 nitrogen and oxygen atoms in total. The minimum Gasteiger partial charge on any atom is -0.325 e. The Hall–Kier alpha value is -2.70. The second-order valence-electron chi connectivity index (χ2n) is 7.05. The summed E-state index contributed by atoms with van der Waals surface area (Å²) >= 11 is 7.61. The number of aryl methyl sites for hydroxylation is 2. The third-order valence-electron chi connectivity index (χ3n) is 4.97. The maximum Gasteiger partial charge on any atom is 0.257 e. The number of thiazole rings is 1. The molecule has 29 heavy (non-hydrogen) atoms. The monoisotopic (exact) mass is 425 g/mol. The molecule has 3 aromatic rings. The number of carbonyl (C=O) groups excluding carboxylic acids is 2. The van der Waals surface area contributed by atoms with Crippen LogP contribution in [0.15, 0.2) is 48.5 Å². The van der Waals surface area contributed by atoms with Gasteiger partial charge in [0.1, 0.15) is 0 Å². The van der Waals surface area contributed by atoms with Gasteiger partial charge in [-0.25, -0.2) is 4.98 Å². The second-order valence-corrected chi connectivity index (χ2v) is 8.54. The van der Waals surface area contributed by atoms with Crippen LogP contribution in [0.5, 0.6) is 0 Å². The Morgan fingerprint density at radius 2 is 1.93 bits per heavy atom. The van der Waals surface area contributed by atoms with Crippen molar-refractivity contribution in [3.8, 4) is 0 Å². The van der Waals surface area contributed by atoms with Crippen LogP contribution in [0.2, 0.25) is 5.02 Å². The van der Waals surface area contributed by atoms with Gasteiger partial charge in [0.2, 0.25) is 5.91 Å². The number of halogens is 1. The Labute approximate surface area is 178 Å². The van der Waals surface area contributed by atoms with E-state index in [1.165, 1.54) is 11.3 Å². The van der Waals surface area contributed by atoms with Gasteiger partial charge in [-0.3, -0.25) is 14.9 Å². The molecular formula is C22H20ClN3O2S. The molecule has 1 aromatic heterocycles. The van der Waals surface area contributed by atoms with Crippen LogP contribution in [-0.2, 0) is 11.2 Å². The van der Waals surface area contributed by atoms with Crippen molar-refractivity contribution in [2.75, 3.05) is 10.6 Å². The van der Waals surface area contributed by atoms with Crippen molar-refractivity contribution < 1.29 is 9.59 Å². The lowest BCUT2D eigenvalue weighted by atomic mass is 9.90. The molecule has 1 aliphatic rings. The van der Waals surface area contributed by atoms with Crippen LogP contribution in [-0.4, -0.2) is 16.8 Å². The van der Waals surface area contributed by atoms with E-state index in [0.717, 1.165) is 35.4 Å². The van der Waals surface area contributed by atoms with Crippen LogP contribution < -0.4 is 10.6 Å². The van der Waals surface area contributed by atoms with Crippen molar-refractivity contribution in [1.29, 1.82) is 0 Å². The molecule has 4 rings (SSSR count). The van der Waals surface area contributed by atoms with Crippen molar-refractivity contribution >= 4 is 45.6 Å². The molecule has 2 amide bonds. The summed E-state index contributed by atoms with van der Waals surface area (Å²) in [5, 5.41) is 6.95. The number of amides is 2. The lowest BCUT2D eigenvalue weighted by Gasteiger charge is -2.20. The fraction of sp³-hybridized carbons (Fsp3) is 0.227. The number of benzene rings is 2. The number of hydrogen-bond acceptors (Lipinski definition) is 4. The number of fused-ring (bicyclic) bond motifs is 1. The first-order valence-corrected chi connectivity index (χ1v) is 10.6. The molecule has 7 heteroatoms. The fourth-order valence-corrected chi connectivity index (χ4v) is 4.63. The van der Waals surface area contributed by atoms with Crippen molar-refractivity contribution in [2.24, 2.45) is 0 Å². The number of carbonyl (C=O) groups is 2. The highest BCUT2D eigenvalue weighted by Gasteiger charge is 2.30. The first-order chi connectivity index (χ1) is 14.0. The van der Waals surface area contributed by atoms with Crippen LogP contribution in [0.4, 0.5) is 10.8 Å². The van der Waals surface area contributed by atoms with Crippen LogP contribution in [0.3, 0.4) is 0 Å². The van der Waals surface area contributed by atoms with Gasteiger partial charge in [-0.1, -0.05) is 35.9 Å². The van der Waals surface area contributed by atoms with Crippen LogP contribution in [0, 0.1) is 6.92 Å². The molecule has 0 fully saturated rings. The summed E-state index contributed by atoms with van der Waals surface area (Å²) < 4.78 is 0. The summed E-state index contributed by atoms with van der Waals surface area (Å²) in [7, 11) is 0. The van der Waals surface area contributed by atoms with Gasteiger partial charge in [0.05, 0.1) is 11.6 Å². The smallest absolute Gasteiger partial charge is 0.257 e. The molecule has 0 saturated carbocycles. The zero-order valence-electron chi connectivity index (χ0n) is 15.9. The first kappa shape index (κ1) is 19.6. The highest BCUT2D eigenvalue weighted by molar-refractivity contribution is 7.16. The number of aromatic nitrogens is 1. The Morgan fingerprint density at radius 1 is 1.14 bits per heavy atom. The lowest BCUT2D eigenvalue weighted by molar-refractivity contribution is -0.117. The molecule has 1 unspecified atom stereocenters. The zero-order valence-corrected chi connectivity index (χ0v) is 17.4. The number of nitrogens with one attached hydrogen (secondary N) is 2. The van der Waals surface area contributed by atoms with E-state index in [0.29, 0.717) is 21.4 Å². The average Bonchev–Trinajstić information content (AvgIpc) is 3.13. The zero-order chi connectivity index (χ0) is 20.4. The highest BCUT2D eigenvalue weighted by atomic mass is 35.5. The maximum atomic E-state index is 12.9. The van der Waals surface area contributed by atoms with Gasteiger partial charge in [-0.05, 0) is 56.0 Å². The van der Waals surface area contributed by atoms with Crippen LogP contribution in [0.1, 0.15) is 45.3 Å². The third kappa shape index (κ3) is 4.33. The molecule has 0 radical (unpaired) electrons. The quantitative estimate of drug-likeness (QED) is 0.586. The minimum absolute atomic E-state index is 0.0999. The third-order valence-corrected chi connectivity index (χ3v) is 6.42. The van der Waals surface area contributed by atoms with Crippen molar-refractivity contribution in [3.05, 3.63) is 75.3 Å². The van der Waals surface area contributed by atoms with Gasteiger partial charge < -0.3 is 5.32 Å². The SMILES string of the molecule is Cc1ccc(NC(=O)C2CCCc3sc(NC(=O)c4ccccc4)nc32)cc1Cl. The Balaban J connectivity index is 1.51. The van der Waals surface area contributed by atoms with Gasteiger partial charge in [0.15, 0.2) is 5.13 Å². The lowest BCUT2D eigenvalue weighted by Crippen LogP contribution is -2.24. The maximum absolute atomic E-state index is 12.9. The summed E-state index contributed by atoms with van der Waals surface area (Å²) in [4.78, 5) is 31.0. The molecule has 0 saturated heterocycles. The molecule has 0 bridgehead atoms. The van der Waals surface area contributed by atoms with E-state index in [4.69, 9.17) is 11.6 Å². The molecular weight excluding hydrogens is 406 g/mol. The molecule has 1 heterocycles. The molecule has 1 atom stereocenters. The number of hydrogen-bond donors (Lipinski definition) is 2. The Kier molecular flexibility index (Phi) is 5.65. The predicted octanol–water partition coefficient (Wildman–Crippen LogP) is 5.42. The normalized spacial score (nSPS) is 15.4. The van der Waals surface area contributed by atoms with Gasteiger partial charge in [-0.2, -0.15) is 0 Å². The highest BCUT2D eigenvalue weighted by Crippen LogP contribution is 2.37. The van der Waals surface area contributed by atoms with Gasteiger partial charge in [-0.15, -0.1) is 11.3 Å². The van der Waals surface area contributed by atoms with Gasteiger partial charge in [0.25, 0.3) is 5.91 Å². The summed E-state index contributed by atoms with van der Waals surface area (Å²) in [6, 6.07) is 14.5. The molecule has 148 valence electrons. The topological polar surface area (TPSA) is 71.1 Å². The summed E-state index contributed by atoms with van der Waals surface area (Å²) in [6.07, 6.45) is 2.51. The van der Waals surface area contributed by atoms with E-state index < -0.39 is 0 Å². The first-order valence-electron chi connectivity index (χ1n) is 9.44. The average molecular weight is 426 g/mol. The van der Waals surface area contributed by atoms with E-state index in [1.54, 1.807) is 18.2 Å². The number of nitrogens with zero attached hydrogens (tertiary/aromatic N) is 1. The minimum atomic E-state index is -0.336. The van der Waals surface area contributed by atoms with E-state index in [-0.39, 0.29) is 17.7 Å². The van der Waals surface area contributed by atoms with Crippen molar-refractivity contribution in [2.45, 2.75) is 32.1 Å². The Morgan fingerprint density at radius 3 is 2.69 bits per heavy atom. The van der Waals surface area contributed by atoms with Crippen molar-refractivity contribution in [1.82, 2.24) is 4.98 Å². The van der Waals surface area contributed by atoms with Gasteiger partial charge >= 0.3 is 0 Å². The van der Waals surface area contributed by atoms with E-state index in [2.05, 4.69) is 15.6 Å². The van der Waals surface area contributed by atoms with Crippen molar-refractivity contribution in [3.63, 3.8) is 0 Å². The number of anilines is 2. The Bertz CT molecular complexity index is 1070. The van der Waals surface area contributed by atoms with E-state index in [9.17, 15) is 9.59 Å². The van der Waals surface area contributed by atoms with Gasteiger partial charge in [0, 0.05) is 21.2 Å². The fourth-order valence-electron chi connectivity index (χ4n) is 3.39. The molecule has 1 aliphatic carbocycles. The molecule has 2 aromatic carbocycles. The summed E-state index contributed by atoms with van der Waals surface area (Å²) in [5.41, 5.74) is 2.97. The molecule has 0 spiro atoms. The number of rotatable bonds is 4.